The number of nitro benzene ring substituents is 1. The molecular formula is C17H15NO4. The largest absolute Gasteiger partial charge is 0.478 e. The van der Waals surface area contributed by atoms with Crippen LogP contribution in [0.5, 0.6) is 0 Å². The average Bonchev–Trinajstić information content (AvgIpc) is 2.47. The minimum absolute atomic E-state index is 0.0572. The van der Waals surface area contributed by atoms with E-state index in [1.165, 1.54) is 18.2 Å². The number of nitro groups is 1. The summed E-state index contributed by atoms with van der Waals surface area (Å²) in [6.45, 7) is 1.77. The van der Waals surface area contributed by atoms with Gasteiger partial charge in [-0.25, -0.2) is 4.79 Å². The molecule has 5 nitrogen and oxygen atoms in total. The minimum atomic E-state index is -0.953. The van der Waals surface area contributed by atoms with Gasteiger partial charge in [-0.2, -0.15) is 0 Å². The first-order chi connectivity index (χ1) is 10.5. The van der Waals surface area contributed by atoms with E-state index < -0.39 is 10.9 Å². The van der Waals surface area contributed by atoms with E-state index in [4.69, 9.17) is 5.11 Å². The maximum absolute atomic E-state index is 10.8. The number of non-ortho nitro benzene ring substituents is 1. The number of carboxylic acid groups (broad SMARTS) is 1. The van der Waals surface area contributed by atoms with E-state index in [2.05, 4.69) is 0 Å². The Morgan fingerprint density at radius 1 is 1.18 bits per heavy atom. The molecule has 0 amide bonds. The van der Waals surface area contributed by atoms with Gasteiger partial charge in [0.25, 0.3) is 5.69 Å². The van der Waals surface area contributed by atoms with Crippen LogP contribution in [0.3, 0.4) is 0 Å². The lowest BCUT2D eigenvalue weighted by Crippen LogP contribution is -1.93. The predicted molar refractivity (Wildman–Crippen MR) is 83.6 cm³/mol. The molecule has 22 heavy (non-hydrogen) atoms. The third kappa shape index (κ3) is 4.02. The molecule has 0 aliphatic rings. The van der Waals surface area contributed by atoms with Gasteiger partial charge >= 0.3 is 5.97 Å². The van der Waals surface area contributed by atoms with Gasteiger partial charge in [0.05, 0.1) is 4.92 Å². The van der Waals surface area contributed by atoms with Crippen molar-refractivity contribution in [2.24, 2.45) is 0 Å². The van der Waals surface area contributed by atoms with Crippen molar-refractivity contribution in [1.29, 1.82) is 0 Å². The lowest BCUT2D eigenvalue weighted by atomic mass is 10.0. The van der Waals surface area contributed by atoms with Gasteiger partial charge in [-0.05, 0) is 30.0 Å². The zero-order valence-corrected chi connectivity index (χ0v) is 12.0. The van der Waals surface area contributed by atoms with Crippen molar-refractivity contribution in [3.8, 4) is 11.1 Å². The van der Waals surface area contributed by atoms with Gasteiger partial charge in [0.1, 0.15) is 0 Å². The lowest BCUT2D eigenvalue weighted by Gasteiger charge is -2.05. The number of allylic oxidation sites excluding steroid dienone is 1. The molecular weight excluding hydrogens is 282 g/mol. The topological polar surface area (TPSA) is 80.4 Å². The molecule has 2 aromatic rings. The fraction of sp³-hybridized carbons (Fsp3) is 0.118. The van der Waals surface area contributed by atoms with Crippen LogP contribution >= 0.6 is 0 Å². The predicted octanol–water partition coefficient (Wildman–Crippen LogP) is 3.84. The SMILES string of the molecule is C/C(=C\C(=O)O)Cc1ccc(-c2cccc([N+](=O)[O-])c2)cc1. The molecule has 5 heteroatoms. The number of hydrogen-bond acceptors (Lipinski definition) is 3. The number of rotatable bonds is 5. The highest BCUT2D eigenvalue weighted by atomic mass is 16.6. The Morgan fingerprint density at radius 2 is 1.86 bits per heavy atom. The third-order valence-corrected chi connectivity index (χ3v) is 3.20. The van der Waals surface area contributed by atoms with Crippen LogP contribution in [-0.4, -0.2) is 16.0 Å². The Morgan fingerprint density at radius 3 is 2.45 bits per heavy atom. The van der Waals surface area contributed by atoms with Crippen LogP contribution in [0.15, 0.2) is 60.2 Å². The summed E-state index contributed by atoms with van der Waals surface area (Å²) < 4.78 is 0. The third-order valence-electron chi connectivity index (χ3n) is 3.20. The van der Waals surface area contributed by atoms with Crippen molar-refractivity contribution in [2.75, 3.05) is 0 Å². The molecule has 0 fully saturated rings. The van der Waals surface area contributed by atoms with Crippen molar-refractivity contribution in [3.63, 3.8) is 0 Å². The van der Waals surface area contributed by atoms with Crippen LogP contribution < -0.4 is 0 Å². The molecule has 0 spiro atoms. The number of nitrogens with zero attached hydrogens (tertiary/aromatic N) is 1. The average molecular weight is 297 g/mol. The zero-order valence-electron chi connectivity index (χ0n) is 12.0. The zero-order chi connectivity index (χ0) is 16.1. The van der Waals surface area contributed by atoms with E-state index in [0.29, 0.717) is 6.42 Å². The standard InChI is InChI=1S/C17H15NO4/c1-12(10-17(19)20)9-13-5-7-14(8-6-13)15-3-2-4-16(11-15)18(21)22/h2-8,10-11H,9H2,1H3,(H,19,20)/b12-10+. The number of benzene rings is 2. The van der Waals surface area contributed by atoms with Gasteiger partial charge in [-0.1, -0.05) is 42.0 Å². The molecule has 2 rings (SSSR count). The van der Waals surface area contributed by atoms with E-state index >= 15 is 0 Å². The minimum Gasteiger partial charge on any atom is -0.478 e. The Kier molecular flexibility index (Phi) is 4.68. The Labute approximate surface area is 127 Å². The first-order valence-corrected chi connectivity index (χ1v) is 6.69. The van der Waals surface area contributed by atoms with Crippen molar-refractivity contribution >= 4 is 11.7 Å². The summed E-state index contributed by atoms with van der Waals surface area (Å²) in [7, 11) is 0. The van der Waals surface area contributed by atoms with Crippen molar-refractivity contribution < 1.29 is 14.8 Å². The molecule has 2 aromatic carbocycles. The molecule has 1 N–H and O–H groups in total. The Balaban J connectivity index is 2.20. The molecule has 0 atom stereocenters. The highest BCUT2D eigenvalue weighted by Gasteiger charge is 2.07. The second-order valence-electron chi connectivity index (χ2n) is 5.01. The van der Waals surface area contributed by atoms with Gasteiger partial charge in [0.15, 0.2) is 0 Å². The van der Waals surface area contributed by atoms with Gasteiger partial charge in [-0.15, -0.1) is 0 Å². The van der Waals surface area contributed by atoms with E-state index in [-0.39, 0.29) is 5.69 Å². The first-order valence-electron chi connectivity index (χ1n) is 6.69. The molecule has 0 aliphatic carbocycles. The van der Waals surface area contributed by atoms with E-state index in [1.807, 2.05) is 30.3 Å². The summed E-state index contributed by atoms with van der Waals surface area (Å²) in [5, 5.41) is 19.5. The first kappa shape index (κ1) is 15.4. The number of hydrogen-bond donors (Lipinski definition) is 1. The van der Waals surface area contributed by atoms with Crippen LogP contribution in [-0.2, 0) is 11.2 Å². The molecule has 0 heterocycles. The second kappa shape index (κ2) is 6.67. The maximum Gasteiger partial charge on any atom is 0.328 e. The maximum atomic E-state index is 10.8. The van der Waals surface area contributed by atoms with Crippen molar-refractivity contribution in [3.05, 3.63) is 75.9 Å². The van der Waals surface area contributed by atoms with Gasteiger partial charge in [-0.3, -0.25) is 10.1 Å². The summed E-state index contributed by atoms with van der Waals surface area (Å²) in [6.07, 6.45) is 1.75. The Bertz CT molecular complexity index is 733. The molecule has 0 radical (unpaired) electrons. The fourth-order valence-electron chi connectivity index (χ4n) is 2.20. The molecule has 0 unspecified atom stereocenters. The van der Waals surface area contributed by atoms with Gasteiger partial charge in [0.2, 0.25) is 0 Å². The molecule has 0 aliphatic heterocycles. The summed E-state index contributed by atoms with van der Waals surface area (Å²) in [5.41, 5.74) is 3.47. The molecule has 0 bridgehead atoms. The van der Waals surface area contributed by atoms with E-state index in [0.717, 1.165) is 22.3 Å². The van der Waals surface area contributed by atoms with Gasteiger partial charge in [0, 0.05) is 18.2 Å². The number of carbonyl (C=O) groups is 1. The summed E-state index contributed by atoms with van der Waals surface area (Å²) in [4.78, 5) is 21.0. The summed E-state index contributed by atoms with van der Waals surface area (Å²) >= 11 is 0. The highest BCUT2D eigenvalue weighted by Crippen LogP contribution is 2.24. The molecule has 0 aromatic heterocycles. The van der Waals surface area contributed by atoms with E-state index in [1.54, 1.807) is 13.0 Å². The van der Waals surface area contributed by atoms with Crippen LogP contribution in [0.2, 0.25) is 0 Å². The molecule has 0 saturated carbocycles. The highest BCUT2D eigenvalue weighted by molar-refractivity contribution is 5.80. The van der Waals surface area contributed by atoms with E-state index in [9.17, 15) is 14.9 Å². The van der Waals surface area contributed by atoms with Crippen molar-refractivity contribution in [1.82, 2.24) is 0 Å². The summed E-state index contributed by atoms with van der Waals surface area (Å²) in [5.74, 6) is -0.953. The van der Waals surface area contributed by atoms with Gasteiger partial charge < -0.3 is 5.11 Å². The Hall–Kier alpha value is -2.95. The van der Waals surface area contributed by atoms with Crippen LogP contribution in [0.1, 0.15) is 12.5 Å². The van der Waals surface area contributed by atoms with Crippen LogP contribution in [0.4, 0.5) is 5.69 Å². The monoisotopic (exact) mass is 297 g/mol. The van der Waals surface area contributed by atoms with Crippen molar-refractivity contribution in [2.45, 2.75) is 13.3 Å². The normalized spacial score (nSPS) is 11.2. The number of carboxylic acids is 1. The number of aliphatic carboxylic acids is 1. The van der Waals surface area contributed by atoms with Crippen LogP contribution in [0.25, 0.3) is 11.1 Å². The fourth-order valence-corrected chi connectivity index (χ4v) is 2.20. The summed E-state index contributed by atoms with van der Waals surface area (Å²) in [6, 6.07) is 14.0. The smallest absolute Gasteiger partial charge is 0.328 e. The lowest BCUT2D eigenvalue weighted by molar-refractivity contribution is -0.384. The molecule has 0 saturated heterocycles. The second-order valence-corrected chi connectivity index (χ2v) is 5.01. The van der Waals surface area contributed by atoms with Crippen LogP contribution in [0, 0.1) is 10.1 Å². The molecule has 112 valence electrons. The quantitative estimate of drug-likeness (QED) is 0.516.